The molecule has 36 nitrogen and oxygen atoms in total. The van der Waals surface area contributed by atoms with Crippen molar-refractivity contribution >= 4 is 120 Å². The second-order valence-corrected chi connectivity index (χ2v) is 35.8. The van der Waals surface area contributed by atoms with Gasteiger partial charge >= 0.3 is 0 Å². The normalized spacial score (nSPS) is 13.5. The van der Waals surface area contributed by atoms with Gasteiger partial charge in [0.15, 0.2) is 46.0 Å². The highest BCUT2D eigenvalue weighted by Crippen LogP contribution is 2.36. The number of hydrogen-bond acceptors (Lipinski definition) is 21. The molecule has 2 fully saturated rings. The molecule has 0 aliphatic heterocycles. The van der Waals surface area contributed by atoms with E-state index in [0.29, 0.717) is 159 Å². The van der Waals surface area contributed by atoms with Crippen LogP contribution in [0.25, 0.3) is 61.2 Å². The van der Waals surface area contributed by atoms with Crippen LogP contribution in [0.5, 0.6) is 0 Å². The number of carbonyl (C=O) groups is 6. The first-order chi connectivity index (χ1) is 66.7. The molecule has 17 aromatic rings. The van der Waals surface area contributed by atoms with E-state index in [4.69, 9.17) is 28.1 Å². The number of aldehydes is 1. The molecule has 9 N–H and O–H groups in total. The number of amides is 2. The molecule has 2 aliphatic rings. The van der Waals surface area contributed by atoms with Gasteiger partial charge in [0.1, 0.15) is 45.3 Å². The van der Waals surface area contributed by atoms with E-state index in [1.807, 2.05) is 141 Å². The lowest BCUT2D eigenvalue weighted by Gasteiger charge is -2.22. The maximum Gasteiger partial charge on any atom is 0.277 e. The van der Waals surface area contributed by atoms with E-state index < -0.39 is 5.91 Å². The van der Waals surface area contributed by atoms with Crippen LogP contribution in [-0.4, -0.2) is 140 Å². The lowest BCUT2D eigenvalue weighted by molar-refractivity contribution is -0.121. The molecule has 0 spiro atoms. The molecule has 3 aromatic carbocycles. The topological polar surface area (TPSA) is 470 Å². The van der Waals surface area contributed by atoms with E-state index in [1.165, 1.54) is 51.9 Å². The number of H-pyrrole nitrogens is 6. The van der Waals surface area contributed by atoms with E-state index in [-0.39, 0.29) is 133 Å². The Morgan fingerprint density at radius 1 is 0.514 bits per heavy atom. The summed E-state index contributed by atoms with van der Waals surface area (Å²) in [6.07, 6.45) is 17.8. The molecule has 14 heterocycles. The molecule has 2 aliphatic carbocycles. The standard InChI is InChI=1S/C21H18BrN5O2.C21H19N5O2.C20H21N5O2.C15H17N3O2.C14H15N3O2.C10H10ClN3O2.CH4/c1-12(2)17-18(13-6-4-3-5-7-13)26-19-15(11-24-27(19)21(17)29)20(28)25-16-10-14(22)8-9-23-16;1-13(2)17-18(14-8-4-3-5-9-14)25-19-15(12-23-26(19)21(17)28)20(27)24-16-10-6-7-11-22-16;1-13(2)17-18(24-19-15(21-3)12-23-25(19)20(17)27)22-11-7-10-16(26)14-8-5-4-6-9-14;1-8-4-5-11(12(19)6-8)13-10(3)17-14-9(2)7-16-18(14)15(13)20;1-8-3-4-10(11(18)7-8)13-9(2)16-12-5-6-15-17(12)14(13)19;1-5(2)7-8(11)13-9-6(4-15)3-12-14(9)10(7)16;/h3-12,24H,1-2H3,(H,23,25,28);3-13,23H,1-2H3,(H,22,24,27);4-6,8-9,12-13,22-23H,7,10-11H2,1-2H3;7,11,16H,1,4-6H2,2-3H3;5-6,10,15H,1,3-4,7H2,2H3;3-5,12H,1-2H3;1H4. The quantitative estimate of drug-likeness (QED) is 0.00906. The molecule has 38 heteroatoms. The number of fused-ring (bicyclic) bond motifs is 6. The molecular formula is C102H104BrClN24O12. The van der Waals surface area contributed by atoms with E-state index in [9.17, 15) is 57.5 Å². The Balaban J connectivity index is 0.000000143. The average Bonchev–Trinajstić information content (AvgIpc) is 1.58. The third-order valence-electron chi connectivity index (χ3n) is 23.5. The van der Waals surface area contributed by atoms with Crippen molar-refractivity contribution in [3.8, 4) is 22.5 Å². The molecule has 0 bridgehead atoms. The number of rotatable bonds is 19. The Morgan fingerprint density at radius 2 is 0.986 bits per heavy atom. The van der Waals surface area contributed by atoms with Crippen LogP contribution in [0.2, 0.25) is 5.15 Å². The highest BCUT2D eigenvalue weighted by atomic mass is 79.9. The van der Waals surface area contributed by atoms with Gasteiger partial charge in [0, 0.05) is 131 Å². The summed E-state index contributed by atoms with van der Waals surface area (Å²) in [5, 5.41) is 25.7. The van der Waals surface area contributed by atoms with Crippen LogP contribution in [0.1, 0.15) is 241 Å². The fraction of sp³-hybridized carbons (Fsp3) is 0.265. The van der Waals surface area contributed by atoms with Crippen LogP contribution in [-0.2, 0) is 9.59 Å². The number of aromatic amines is 6. The van der Waals surface area contributed by atoms with Crippen molar-refractivity contribution < 1.29 is 28.8 Å². The van der Waals surface area contributed by atoms with Crippen molar-refractivity contribution in [3.63, 3.8) is 0 Å². The zero-order valence-corrected chi connectivity index (χ0v) is 80.3. The number of hydrogen-bond donors (Lipinski definition) is 9. The summed E-state index contributed by atoms with van der Waals surface area (Å²) >= 11 is 9.29. The number of ketones is 3. The number of pyridine rings is 2. The zero-order valence-electron chi connectivity index (χ0n) is 77.9. The number of allylic oxidation sites excluding steroid dienone is 2. The molecule has 140 heavy (non-hydrogen) atoms. The number of aromatic nitrogens is 20. The first kappa shape index (κ1) is 101. The number of aryl methyl sites for hydroxylation is 3. The smallest absolute Gasteiger partial charge is 0.277 e. The number of nitrogens with zero attached hydrogens (tertiary/aromatic N) is 15. The second-order valence-electron chi connectivity index (χ2n) is 34.5. The molecule has 14 aromatic heterocycles. The molecule has 0 saturated heterocycles. The largest absolute Gasteiger partial charge is 0.370 e. The lowest BCUT2D eigenvalue weighted by atomic mass is 9.81. The van der Waals surface area contributed by atoms with Crippen molar-refractivity contribution in [2.24, 2.45) is 0 Å². The lowest BCUT2D eigenvalue weighted by Crippen LogP contribution is -2.29. The highest BCUT2D eigenvalue weighted by molar-refractivity contribution is 9.10. The molecular weight excluding hydrogens is 1870 g/mol. The van der Waals surface area contributed by atoms with Gasteiger partial charge in [-0.25, -0.2) is 71.8 Å². The van der Waals surface area contributed by atoms with Crippen LogP contribution in [0.15, 0.2) is 235 Å². The van der Waals surface area contributed by atoms with Gasteiger partial charge in [0.2, 0.25) is 5.69 Å². The summed E-state index contributed by atoms with van der Waals surface area (Å²) in [5.74, 6) is -0.0553. The SMILES string of the molecule is C.C=C1CCC(c2c(C)nc3c(C)c[nH]n3c2=O)C(=O)C1.C=C1CCC(c2c(C)nc3cc[nH]n3c2=O)C(=O)C1.CC(C)c1c(-c2ccccc2)nc2c(C(=O)Nc3cc(Br)ccn3)c[nH]n2c1=O.CC(C)c1c(-c2ccccc2)nc2c(C(=O)Nc3ccccn3)c[nH]n2c1=O.CC(C)c1c(Cl)nc2c(C=O)c[nH]n2c1=O.[C-]#[N+]c1c[nH]n2c(=O)c(C(C)C)c(NCCCC(=O)c3ccccc3)nc12. The third-order valence-corrected chi connectivity index (χ3v) is 24.2. The van der Waals surface area contributed by atoms with E-state index >= 15 is 0 Å². The predicted octanol–water partition coefficient (Wildman–Crippen LogP) is 17.5. The van der Waals surface area contributed by atoms with Gasteiger partial charge < -0.3 is 21.0 Å². The van der Waals surface area contributed by atoms with Gasteiger partial charge in [0.25, 0.3) is 45.2 Å². The zero-order chi connectivity index (χ0) is 99.5. The van der Waals surface area contributed by atoms with Crippen molar-refractivity contribution in [3.05, 3.63) is 357 Å². The molecule has 2 unspecified atom stereocenters. The van der Waals surface area contributed by atoms with Gasteiger partial charge in [0.05, 0.1) is 57.6 Å². The Labute approximate surface area is 813 Å². The number of anilines is 3. The van der Waals surface area contributed by atoms with Crippen molar-refractivity contribution in [1.29, 1.82) is 0 Å². The molecule has 2 amide bonds. The Morgan fingerprint density at radius 3 is 1.51 bits per heavy atom. The van der Waals surface area contributed by atoms with Gasteiger partial charge in [-0.15, -0.1) is 0 Å². The van der Waals surface area contributed by atoms with Crippen molar-refractivity contribution in [1.82, 2.24) is 97.6 Å². The van der Waals surface area contributed by atoms with Crippen LogP contribution in [0.3, 0.4) is 0 Å². The fourth-order valence-electron chi connectivity index (χ4n) is 16.6. The first-order valence-electron chi connectivity index (χ1n) is 44.8. The van der Waals surface area contributed by atoms with Crippen LogP contribution < -0.4 is 49.3 Å². The van der Waals surface area contributed by atoms with Gasteiger partial charge in [-0.05, 0) is 101 Å². The summed E-state index contributed by atoms with van der Waals surface area (Å²) in [4.78, 5) is 187. The fourth-order valence-corrected chi connectivity index (χ4v) is 17.3. The van der Waals surface area contributed by atoms with Gasteiger partial charge in [-0.2, -0.15) is 0 Å². The Bertz CT molecular complexity index is 8040. The molecule has 19 rings (SSSR count). The molecule has 2 saturated carbocycles. The molecule has 718 valence electrons. The third kappa shape index (κ3) is 21.7. The summed E-state index contributed by atoms with van der Waals surface area (Å²) in [6, 6.07) is 38.6. The number of Topliss-reactive ketones (excluding diaryl/α,β-unsaturated/α-hetero) is 3. The van der Waals surface area contributed by atoms with Gasteiger partial charge in [-0.1, -0.05) is 212 Å². The van der Waals surface area contributed by atoms with E-state index in [1.54, 1.807) is 87.2 Å². The maximum atomic E-state index is 13.1. The maximum absolute atomic E-state index is 13.1. The minimum absolute atomic E-state index is 0. The first-order valence-corrected chi connectivity index (χ1v) is 46.0. The van der Waals surface area contributed by atoms with Crippen LogP contribution in [0.4, 0.5) is 23.1 Å². The van der Waals surface area contributed by atoms with E-state index in [0.717, 1.165) is 45.2 Å². The van der Waals surface area contributed by atoms with Crippen molar-refractivity contribution in [2.75, 3.05) is 22.5 Å². The molecule has 2 atom stereocenters. The summed E-state index contributed by atoms with van der Waals surface area (Å²) in [7, 11) is 0. The van der Waals surface area contributed by atoms with Crippen molar-refractivity contribution in [2.45, 2.75) is 170 Å². The number of carbonyl (C=O) groups excluding carboxylic acids is 6. The average molecular weight is 1970 g/mol. The Kier molecular flexibility index (Phi) is 31.9. The monoisotopic (exact) mass is 1970 g/mol. The summed E-state index contributed by atoms with van der Waals surface area (Å²) in [6.45, 7) is 36.3. The second kappa shape index (κ2) is 44.2. The predicted molar refractivity (Wildman–Crippen MR) is 542 cm³/mol. The van der Waals surface area contributed by atoms with E-state index in [2.05, 4.69) is 110 Å². The Hall–Kier alpha value is -16.4. The minimum atomic E-state index is -0.405. The summed E-state index contributed by atoms with van der Waals surface area (Å²) in [5.41, 5.74) is 13.1. The number of nitrogens with one attached hydrogen (secondary N) is 9. The summed E-state index contributed by atoms with van der Waals surface area (Å²) < 4.78 is 8.76. The minimum Gasteiger partial charge on any atom is -0.370 e. The number of halogens is 2. The van der Waals surface area contributed by atoms with Gasteiger partial charge in [-0.3, -0.25) is 83.0 Å². The number of benzene rings is 3. The van der Waals surface area contributed by atoms with Crippen LogP contribution in [0, 0.1) is 27.3 Å². The highest BCUT2D eigenvalue weighted by Gasteiger charge is 2.34. The van der Waals surface area contributed by atoms with Crippen LogP contribution >= 0.6 is 27.5 Å². The molecule has 0 radical (unpaired) electrons.